The lowest BCUT2D eigenvalue weighted by Gasteiger charge is -2.05. The highest BCUT2D eigenvalue weighted by Gasteiger charge is 2.28. The smallest absolute Gasteiger partial charge is 0.218 e. The van der Waals surface area contributed by atoms with Gasteiger partial charge in [0.05, 0.1) is 11.6 Å². The molecule has 4 rings (SSSR count). The Morgan fingerprint density at radius 1 is 1.20 bits per heavy atom. The van der Waals surface area contributed by atoms with Gasteiger partial charge in [0.1, 0.15) is 5.03 Å². The highest BCUT2D eigenvalue weighted by Crippen LogP contribution is 2.38. The average Bonchev–Trinajstić information content (AvgIpc) is 3.19. The number of hydrogen-bond donors (Lipinski definition) is 0. The fraction of sp³-hybridized carbons (Fsp3) is 0.250. The number of tetrazole rings is 1. The molecule has 20 heavy (non-hydrogen) atoms. The lowest BCUT2D eigenvalue weighted by molar-refractivity contribution is 0.565. The van der Waals surface area contributed by atoms with Gasteiger partial charge in [-0.15, -0.1) is 5.10 Å². The van der Waals surface area contributed by atoms with E-state index in [0.717, 1.165) is 33.9 Å². The van der Waals surface area contributed by atoms with Gasteiger partial charge in [0.15, 0.2) is 0 Å². The molecule has 2 heterocycles. The molecule has 1 fully saturated rings. The molecule has 1 aliphatic carbocycles. The zero-order chi connectivity index (χ0) is 13.5. The lowest BCUT2D eigenvalue weighted by Crippen LogP contribution is -1.99. The van der Waals surface area contributed by atoms with E-state index in [4.69, 9.17) is 11.6 Å². The molecular formula is C12H9ClN6S. The summed E-state index contributed by atoms with van der Waals surface area (Å²) < 4.78 is 1.86. The van der Waals surface area contributed by atoms with E-state index in [1.807, 2.05) is 28.9 Å². The fourth-order valence-electron chi connectivity index (χ4n) is 1.99. The van der Waals surface area contributed by atoms with Crippen LogP contribution in [-0.2, 0) is 0 Å². The fourth-order valence-corrected chi connectivity index (χ4v) is 3.16. The normalized spacial score (nSPS) is 14.8. The van der Waals surface area contributed by atoms with Gasteiger partial charge in [-0.2, -0.15) is 0 Å². The molecule has 0 amide bonds. The van der Waals surface area contributed by atoms with Gasteiger partial charge in [-0.1, -0.05) is 18.2 Å². The van der Waals surface area contributed by atoms with Gasteiger partial charge in [-0.25, -0.2) is 14.6 Å². The Hall–Kier alpha value is -1.73. The van der Waals surface area contributed by atoms with Gasteiger partial charge in [0.25, 0.3) is 0 Å². The predicted molar refractivity (Wildman–Crippen MR) is 74.8 cm³/mol. The van der Waals surface area contributed by atoms with Gasteiger partial charge < -0.3 is 0 Å². The third kappa shape index (κ3) is 2.12. The van der Waals surface area contributed by atoms with Gasteiger partial charge in [-0.05, 0) is 52.7 Å². The molecule has 1 aliphatic rings. The first-order chi connectivity index (χ1) is 9.81. The number of benzene rings is 1. The number of para-hydroxylation sites is 1. The van der Waals surface area contributed by atoms with Crippen molar-refractivity contribution in [2.75, 3.05) is 0 Å². The number of rotatable bonds is 3. The zero-order valence-electron chi connectivity index (χ0n) is 10.3. The van der Waals surface area contributed by atoms with Crippen LogP contribution in [0.25, 0.3) is 10.9 Å². The summed E-state index contributed by atoms with van der Waals surface area (Å²) in [5, 5.41) is 14.6. The molecule has 0 N–H and O–H groups in total. The van der Waals surface area contributed by atoms with Crippen LogP contribution in [0.4, 0.5) is 0 Å². The van der Waals surface area contributed by atoms with E-state index in [1.54, 1.807) is 0 Å². The number of halogens is 1. The van der Waals surface area contributed by atoms with Crippen LogP contribution in [0.1, 0.15) is 18.9 Å². The van der Waals surface area contributed by atoms with Crippen LogP contribution in [0.15, 0.2) is 34.4 Å². The molecule has 2 aromatic heterocycles. The van der Waals surface area contributed by atoms with Crippen LogP contribution < -0.4 is 0 Å². The minimum atomic E-state index is 0.233. The molecule has 6 nitrogen and oxygen atoms in total. The number of hydrogen-bond acceptors (Lipinski definition) is 6. The van der Waals surface area contributed by atoms with Crippen molar-refractivity contribution in [2.24, 2.45) is 0 Å². The first kappa shape index (κ1) is 12.0. The average molecular weight is 305 g/mol. The largest absolute Gasteiger partial charge is 0.224 e. The van der Waals surface area contributed by atoms with Crippen LogP contribution in [0.5, 0.6) is 0 Å². The summed E-state index contributed by atoms with van der Waals surface area (Å²) in [5.74, 6) is 0. The summed E-state index contributed by atoms with van der Waals surface area (Å²) in [6.07, 6.45) is 2.26. The number of aromatic nitrogens is 6. The molecule has 0 radical (unpaired) electrons. The van der Waals surface area contributed by atoms with E-state index < -0.39 is 0 Å². The third-order valence-corrected chi connectivity index (χ3v) is 4.21. The molecule has 0 saturated heterocycles. The van der Waals surface area contributed by atoms with Crippen molar-refractivity contribution in [1.82, 2.24) is 30.2 Å². The predicted octanol–water partition coefficient (Wildman–Crippen LogP) is 2.76. The van der Waals surface area contributed by atoms with Crippen LogP contribution >= 0.6 is 23.4 Å². The topological polar surface area (TPSA) is 69.4 Å². The highest BCUT2D eigenvalue weighted by atomic mass is 35.5. The van der Waals surface area contributed by atoms with Crippen molar-refractivity contribution >= 4 is 34.3 Å². The van der Waals surface area contributed by atoms with Crippen molar-refractivity contribution in [3.63, 3.8) is 0 Å². The highest BCUT2D eigenvalue weighted by molar-refractivity contribution is 7.99. The first-order valence-electron chi connectivity index (χ1n) is 6.19. The second-order valence-corrected chi connectivity index (χ2v) is 5.85. The van der Waals surface area contributed by atoms with Gasteiger partial charge in [0.2, 0.25) is 10.4 Å². The van der Waals surface area contributed by atoms with Crippen molar-refractivity contribution < 1.29 is 0 Å². The van der Waals surface area contributed by atoms with Gasteiger partial charge in [0, 0.05) is 5.39 Å². The van der Waals surface area contributed by atoms with Crippen LogP contribution in [0, 0.1) is 0 Å². The summed E-state index contributed by atoms with van der Waals surface area (Å²) in [4.78, 5) is 8.52. The van der Waals surface area contributed by atoms with Crippen LogP contribution in [-0.4, -0.2) is 30.2 Å². The van der Waals surface area contributed by atoms with Gasteiger partial charge in [-0.3, -0.25) is 0 Å². The maximum atomic E-state index is 5.98. The van der Waals surface area contributed by atoms with Crippen LogP contribution in [0.2, 0.25) is 5.28 Å². The Kier molecular flexibility index (Phi) is 2.82. The Bertz CT molecular complexity index is 784. The molecule has 0 atom stereocenters. The molecule has 0 spiro atoms. The van der Waals surface area contributed by atoms with E-state index >= 15 is 0 Å². The van der Waals surface area contributed by atoms with Crippen molar-refractivity contribution in [1.29, 1.82) is 0 Å². The zero-order valence-corrected chi connectivity index (χ0v) is 11.8. The standard InChI is InChI=1S/C12H9ClN6S/c13-11-14-9-4-2-1-3-8(9)10(15-11)20-12-16-17-18-19(12)7-5-6-7/h1-4,7H,5-6H2. The van der Waals surface area contributed by atoms with Crippen LogP contribution in [0.3, 0.4) is 0 Å². The van der Waals surface area contributed by atoms with Crippen molar-refractivity contribution in [3.8, 4) is 0 Å². The Morgan fingerprint density at radius 3 is 2.90 bits per heavy atom. The molecule has 1 aromatic carbocycles. The molecule has 0 bridgehead atoms. The lowest BCUT2D eigenvalue weighted by atomic mass is 10.2. The van der Waals surface area contributed by atoms with Crippen molar-refractivity contribution in [3.05, 3.63) is 29.5 Å². The first-order valence-corrected chi connectivity index (χ1v) is 7.39. The number of nitrogens with zero attached hydrogens (tertiary/aromatic N) is 6. The van der Waals surface area contributed by atoms with E-state index in [2.05, 4.69) is 25.5 Å². The Morgan fingerprint density at radius 2 is 2.05 bits per heavy atom. The minimum Gasteiger partial charge on any atom is -0.218 e. The summed E-state index contributed by atoms with van der Waals surface area (Å²) in [6.45, 7) is 0. The molecule has 3 aromatic rings. The molecule has 0 unspecified atom stereocenters. The van der Waals surface area contributed by atoms with E-state index in [0.29, 0.717) is 6.04 Å². The molecule has 100 valence electrons. The molecular weight excluding hydrogens is 296 g/mol. The molecule has 1 saturated carbocycles. The van der Waals surface area contributed by atoms with E-state index in [1.165, 1.54) is 11.8 Å². The Balaban J connectivity index is 1.80. The quantitative estimate of drug-likeness (QED) is 0.547. The van der Waals surface area contributed by atoms with E-state index in [9.17, 15) is 0 Å². The third-order valence-electron chi connectivity index (χ3n) is 3.08. The maximum Gasteiger partial charge on any atom is 0.224 e. The monoisotopic (exact) mass is 304 g/mol. The SMILES string of the molecule is Clc1nc(Sc2nnnn2C2CC2)c2ccccc2n1. The van der Waals surface area contributed by atoms with E-state index in [-0.39, 0.29) is 5.28 Å². The summed E-state index contributed by atoms with van der Waals surface area (Å²) >= 11 is 7.41. The van der Waals surface area contributed by atoms with Gasteiger partial charge >= 0.3 is 0 Å². The van der Waals surface area contributed by atoms with Crippen molar-refractivity contribution in [2.45, 2.75) is 29.1 Å². The summed E-state index contributed by atoms with van der Waals surface area (Å²) in [7, 11) is 0. The second kappa shape index (κ2) is 4.68. The maximum absolute atomic E-state index is 5.98. The summed E-state index contributed by atoms with van der Waals surface area (Å²) in [6, 6.07) is 8.19. The molecule has 0 aliphatic heterocycles. The number of fused-ring (bicyclic) bond motifs is 1. The minimum absolute atomic E-state index is 0.233. The summed E-state index contributed by atoms with van der Waals surface area (Å²) in [5.41, 5.74) is 0.820. The molecule has 8 heteroatoms. The Labute approximate surface area is 123 Å². The second-order valence-electron chi connectivity index (χ2n) is 4.55.